The number of fused-ring (bicyclic) bond motifs is 1. The van der Waals surface area contributed by atoms with Crippen molar-refractivity contribution in [1.82, 2.24) is 29.9 Å². The summed E-state index contributed by atoms with van der Waals surface area (Å²) in [6.07, 6.45) is 5.92. The van der Waals surface area contributed by atoms with Gasteiger partial charge in [0.2, 0.25) is 0 Å². The Bertz CT molecular complexity index is 677. The summed E-state index contributed by atoms with van der Waals surface area (Å²) in [7, 11) is 0. The van der Waals surface area contributed by atoms with Gasteiger partial charge in [-0.1, -0.05) is 6.92 Å². The third-order valence-corrected chi connectivity index (χ3v) is 2.68. The molecule has 0 saturated heterocycles. The number of nitrogens with zero attached hydrogens (tertiary/aromatic N) is 6. The molecule has 7 nitrogen and oxygen atoms in total. The van der Waals surface area contributed by atoms with E-state index in [0.29, 0.717) is 11.5 Å². The maximum absolute atomic E-state index is 4.31. The Labute approximate surface area is 109 Å². The fraction of sp³-hybridized carbons (Fsp3) is 0.250. The number of anilines is 1. The van der Waals surface area contributed by atoms with Crippen LogP contribution in [0.15, 0.2) is 30.9 Å². The minimum atomic E-state index is 0.637. The lowest BCUT2D eigenvalue weighted by Gasteiger charge is -2.04. The second-order valence-corrected chi connectivity index (χ2v) is 4.02. The average Bonchev–Trinajstić information content (AvgIpc) is 2.90. The van der Waals surface area contributed by atoms with Crippen LogP contribution in [0.25, 0.3) is 16.9 Å². The second kappa shape index (κ2) is 4.97. The van der Waals surface area contributed by atoms with Crippen molar-refractivity contribution in [2.45, 2.75) is 13.3 Å². The SMILES string of the molecule is CCCNc1ncnc2c1cnn2-c1cccnn1. The number of rotatable bonds is 4. The fourth-order valence-corrected chi connectivity index (χ4v) is 1.80. The van der Waals surface area contributed by atoms with Crippen LogP contribution in [-0.2, 0) is 0 Å². The maximum Gasteiger partial charge on any atom is 0.178 e. The Morgan fingerprint density at radius 2 is 2.26 bits per heavy atom. The van der Waals surface area contributed by atoms with Crippen molar-refractivity contribution >= 4 is 16.9 Å². The molecule has 3 aromatic rings. The number of aromatic nitrogens is 6. The third kappa shape index (κ3) is 2.10. The van der Waals surface area contributed by atoms with Gasteiger partial charge in [-0.2, -0.15) is 14.9 Å². The first-order valence-electron chi connectivity index (χ1n) is 6.11. The van der Waals surface area contributed by atoms with Crippen LogP contribution in [0.5, 0.6) is 0 Å². The normalized spacial score (nSPS) is 10.8. The lowest BCUT2D eigenvalue weighted by Crippen LogP contribution is -2.04. The predicted octanol–water partition coefficient (Wildman–Crippen LogP) is 1.43. The van der Waals surface area contributed by atoms with Gasteiger partial charge in [0, 0.05) is 12.7 Å². The van der Waals surface area contributed by atoms with Gasteiger partial charge < -0.3 is 5.32 Å². The molecule has 0 aromatic carbocycles. The summed E-state index contributed by atoms with van der Waals surface area (Å²) in [6, 6.07) is 3.65. The summed E-state index contributed by atoms with van der Waals surface area (Å²) >= 11 is 0. The van der Waals surface area contributed by atoms with Crippen LogP contribution >= 0.6 is 0 Å². The van der Waals surface area contributed by atoms with Gasteiger partial charge in [0.1, 0.15) is 12.1 Å². The Hall–Kier alpha value is -2.57. The molecule has 96 valence electrons. The minimum absolute atomic E-state index is 0.637. The summed E-state index contributed by atoms with van der Waals surface area (Å²) < 4.78 is 1.65. The zero-order valence-electron chi connectivity index (χ0n) is 10.5. The molecule has 3 rings (SSSR count). The van der Waals surface area contributed by atoms with E-state index in [2.05, 4.69) is 37.5 Å². The van der Waals surface area contributed by atoms with Gasteiger partial charge in [-0.3, -0.25) is 0 Å². The van der Waals surface area contributed by atoms with Crippen molar-refractivity contribution in [1.29, 1.82) is 0 Å². The van der Waals surface area contributed by atoms with Gasteiger partial charge in [0.25, 0.3) is 0 Å². The lowest BCUT2D eigenvalue weighted by atomic mass is 10.3. The van der Waals surface area contributed by atoms with E-state index in [4.69, 9.17) is 0 Å². The molecule has 0 amide bonds. The molecular formula is C12H13N7. The third-order valence-electron chi connectivity index (χ3n) is 2.68. The largest absolute Gasteiger partial charge is 0.369 e. The molecule has 0 fully saturated rings. The van der Waals surface area contributed by atoms with Gasteiger partial charge in [-0.05, 0) is 18.6 Å². The second-order valence-electron chi connectivity index (χ2n) is 4.02. The molecule has 3 aromatic heterocycles. The quantitative estimate of drug-likeness (QED) is 0.759. The first kappa shape index (κ1) is 11.5. The van der Waals surface area contributed by atoms with Crippen LogP contribution in [0, 0.1) is 0 Å². The summed E-state index contributed by atoms with van der Waals surface area (Å²) in [6.45, 7) is 2.97. The highest BCUT2D eigenvalue weighted by molar-refractivity contribution is 5.86. The molecule has 19 heavy (non-hydrogen) atoms. The highest BCUT2D eigenvalue weighted by Gasteiger charge is 2.11. The maximum atomic E-state index is 4.31. The van der Waals surface area contributed by atoms with E-state index in [-0.39, 0.29) is 0 Å². The smallest absolute Gasteiger partial charge is 0.178 e. The molecule has 0 aliphatic rings. The van der Waals surface area contributed by atoms with E-state index in [1.807, 2.05) is 12.1 Å². The van der Waals surface area contributed by atoms with Crippen LogP contribution in [0.1, 0.15) is 13.3 Å². The Kier molecular flexibility index (Phi) is 3.01. The van der Waals surface area contributed by atoms with E-state index in [1.54, 1.807) is 17.1 Å². The molecule has 0 spiro atoms. The summed E-state index contributed by atoms with van der Waals surface area (Å²) in [5, 5.41) is 16.3. The molecule has 0 radical (unpaired) electrons. The van der Waals surface area contributed by atoms with Gasteiger partial charge in [-0.25, -0.2) is 9.97 Å². The van der Waals surface area contributed by atoms with E-state index >= 15 is 0 Å². The van der Waals surface area contributed by atoms with Crippen molar-refractivity contribution in [2.75, 3.05) is 11.9 Å². The van der Waals surface area contributed by atoms with Gasteiger partial charge in [0.05, 0.1) is 11.6 Å². The molecule has 3 heterocycles. The molecule has 0 bridgehead atoms. The Balaban J connectivity index is 2.09. The van der Waals surface area contributed by atoms with Crippen LogP contribution < -0.4 is 5.32 Å². The Morgan fingerprint density at radius 3 is 3.05 bits per heavy atom. The van der Waals surface area contributed by atoms with E-state index in [0.717, 1.165) is 24.2 Å². The zero-order valence-corrected chi connectivity index (χ0v) is 10.5. The number of nitrogens with one attached hydrogen (secondary N) is 1. The standard InChI is InChI=1S/C12H13N7/c1-2-5-13-11-9-7-17-19(12(9)15-8-14-11)10-4-3-6-16-18-10/h3-4,6-8H,2,5H2,1H3,(H,13,14,15). The molecular weight excluding hydrogens is 242 g/mol. The van der Waals surface area contributed by atoms with Crippen molar-refractivity contribution in [3.8, 4) is 5.82 Å². The van der Waals surface area contributed by atoms with Crippen LogP contribution in [-0.4, -0.2) is 36.5 Å². The van der Waals surface area contributed by atoms with Crippen molar-refractivity contribution in [3.05, 3.63) is 30.9 Å². The summed E-state index contributed by atoms with van der Waals surface area (Å²) in [5.74, 6) is 1.43. The average molecular weight is 255 g/mol. The number of hydrogen-bond acceptors (Lipinski definition) is 6. The highest BCUT2D eigenvalue weighted by Crippen LogP contribution is 2.20. The van der Waals surface area contributed by atoms with Gasteiger partial charge in [0.15, 0.2) is 11.5 Å². The monoisotopic (exact) mass is 255 g/mol. The minimum Gasteiger partial charge on any atom is -0.369 e. The highest BCUT2D eigenvalue weighted by atomic mass is 15.4. The topological polar surface area (TPSA) is 81.4 Å². The van der Waals surface area contributed by atoms with Crippen LogP contribution in [0.3, 0.4) is 0 Å². The first-order chi connectivity index (χ1) is 9.40. The van der Waals surface area contributed by atoms with Crippen molar-refractivity contribution < 1.29 is 0 Å². The van der Waals surface area contributed by atoms with Gasteiger partial charge >= 0.3 is 0 Å². The molecule has 0 unspecified atom stereocenters. The van der Waals surface area contributed by atoms with Crippen molar-refractivity contribution in [2.24, 2.45) is 0 Å². The van der Waals surface area contributed by atoms with E-state index in [1.165, 1.54) is 6.33 Å². The van der Waals surface area contributed by atoms with Crippen LogP contribution in [0.4, 0.5) is 5.82 Å². The lowest BCUT2D eigenvalue weighted by molar-refractivity contribution is 0.827. The summed E-state index contributed by atoms with van der Waals surface area (Å²) in [5.41, 5.74) is 0.717. The molecule has 0 aliphatic heterocycles. The van der Waals surface area contributed by atoms with E-state index < -0.39 is 0 Å². The van der Waals surface area contributed by atoms with E-state index in [9.17, 15) is 0 Å². The number of hydrogen-bond donors (Lipinski definition) is 1. The molecule has 0 aliphatic carbocycles. The predicted molar refractivity (Wildman–Crippen MR) is 71.0 cm³/mol. The van der Waals surface area contributed by atoms with Crippen LogP contribution in [0.2, 0.25) is 0 Å². The molecule has 0 saturated carbocycles. The fourth-order valence-electron chi connectivity index (χ4n) is 1.80. The Morgan fingerprint density at radius 1 is 1.32 bits per heavy atom. The molecule has 7 heteroatoms. The molecule has 0 atom stereocenters. The van der Waals surface area contributed by atoms with Crippen molar-refractivity contribution in [3.63, 3.8) is 0 Å². The zero-order chi connectivity index (χ0) is 13.1. The summed E-state index contributed by atoms with van der Waals surface area (Å²) in [4.78, 5) is 8.51. The molecule has 1 N–H and O–H groups in total. The first-order valence-corrected chi connectivity index (χ1v) is 6.11. The van der Waals surface area contributed by atoms with Gasteiger partial charge in [-0.15, -0.1) is 5.10 Å².